The second-order valence-corrected chi connectivity index (χ2v) is 11.6. The van der Waals surface area contributed by atoms with Gasteiger partial charge in [-0.15, -0.1) is 0 Å². The SMILES string of the molecule is CN1CC[C@]23c4c5ccc(O)c4O[C@H]2c2[nH]c4ccccc4c2C[C@@]3(CCCc2ccccc2)[C@H]1C5. The summed E-state index contributed by atoms with van der Waals surface area (Å²) < 4.78 is 6.89. The highest BCUT2D eigenvalue weighted by Crippen LogP contribution is 2.73. The number of phenolic OH excluding ortho intramolecular Hbond substituents is 1. The lowest BCUT2D eigenvalue weighted by molar-refractivity contribution is -0.107. The van der Waals surface area contributed by atoms with Crippen LogP contribution in [0.4, 0.5) is 0 Å². The number of aromatic nitrogens is 1. The van der Waals surface area contributed by atoms with Crippen molar-refractivity contribution in [3.8, 4) is 11.5 Å². The van der Waals surface area contributed by atoms with Crippen LogP contribution in [0.2, 0.25) is 0 Å². The van der Waals surface area contributed by atoms with Gasteiger partial charge in [0.25, 0.3) is 0 Å². The average Bonchev–Trinajstić information content (AvgIpc) is 3.44. The van der Waals surface area contributed by atoms with E-state index in [1.807, 2.05) is 6.07 Å². The zero-order chi connectivity index (χ0) is 24.1. The number of phenols is 1. The molecule has 2 aliphatic heterocycles. The predicted molar refractivity (Wildman–Crippen MR) is 142 cm³/mol. The van der Waals surface area contributed by atoms with Gasteiger partial charge in [0.05, 0.1) is 11.1 Å². The minimum atomic E-state index is -0.115. The lowest BCUT2D eigenvalue weighted by atomic mass is 9.42. The molecule has 2 bridgehead atoms. The molecule has 4 nitrogen and oxygen atoms in total. The van der Waals surface area contributed by atoms with Crippen molar-refractivity contribution in [1.29, 1.82) is 0 Å². The molecule has 36 heavy (non-hydrogen) atoms. The van der Waals surface area contributed by atoms with Crippen LogP contribution < -0.4 is 4.74 Å². The first-order valence-electron chi connectivity index (χ1n) is 13.5. The zero-order valence-corrected chi connectivity index (χ0v) is 20.8. The highest BCUT2D eigenvalue weighted by molar-refractivity contribution is 5.86. The Labute approximate surface area is 211 Å². The van der Waals surface area contributed by atoms with Gasteiger partial charge < -0.3 is 19.7 Å². The maximum atomic E-state index is 11.0. The second-order valence-electron chi connectivity index (χ2n) is 11.6. The number of hydrogen-bond acceptors (Lipinski definition) is 3. The summed E-state index contributed by atoms with van der Waals surface area (Å²) in [4.78, 5) is 6.43. The van der Waals surface area contributed by atoms with E-state index in [2.05, 4.69) is 77.6 Å². The van der Waals surface area contributed by atoms with Crippen LogP contribution in [0, 0.1) is 5.41 Å². The fourth-order valence-corrected chi connectivity index (χ4v) is 8.80. The third kappa shape index (κ3) is 2.44. The number of aromatic amines is 1. The van der Waals surface area contributed by atoms with Gasteiger partial charge >= 0.3 is 0 Å². The summed E-state index contributed by atoms with van der Waals surface area (Å²) >= 11 is 0. The molecule has 8 rings (SSSR count). The predicted octanol–water partition coefficient (Wildman–Crippen LogP) is 6.07. The molecule has 1 fully saturated rings. The Morgan fingerprint density at radius 1 is 1.06 bits per heavy atom. The normalized spacial score (nSPS) is 29.6. The van der Waals surface area contributed by atoms with Crippen LogP contribution >= 0.6 is 0 Å². The number of ether oxygens (including phenoxy) is 1. The Bertz CT molecular complexity index is 1510. The number of hydrogen-bond donors (Lipinski definition) is 2. The van der Waals surface area contributed by atoms with Crippen molar-refractivity contribution in [2.75, 3.05) is 13.6 Å². The van der Waals surface area contributed by atoms with Crippen molar-refractivity contribution < 1.29 is 9.84 Å². The quantitative estimate of drug-likeness (QED) is 0.376. The molecular formula is C32H32N2O2. The van der Waals surface area contributed by atoms with E-state index in [1.165, 1.54) is 38.9 Å². The average molecular weight is 477 g/mol. The second kappa shape index (κ2) is 7.17. The molecule has 4 aliphatic rings. The van der Waals surface area contributed by atoms with Gasteiger partial charge in [0.2, 0.25) is 0 Å². The summed E-state index contributed by atoms with van der Waals surface area (Å²) in [7, 11) is 2.33. The number of nitrogens with one attached hydrogen (secondary N) is 1. The van der Waals surface area contributed by atoms with E-state index in [0.29, 0.717) is 11.8 Å². The van der Waals surface area contributed by atoms with Crippen LogP contribution in [-0.2, 0) is 24.7 Å². The molecular weight excluding hydrogens is 444 g/mol. The van der Waals surface area contributed by atoms with Gasteiger partial charge in [-0.2, -0.15) is 0 Å². The van der Waals surface area contributed by atoms with E-state index < -0.39 is 0 Å². The van der Waals surface area contributed by atoms with E-state index in [0.717, 1.165) is 50.8 Å². The maximum absolute atomic E-state index is 11.0. The van der Waals surface area contributed by atoms with E-state index >= 15 is 0 Å². The molecule has 2 N–H and O–H groups in total. The molecule has 1 spiro atoms. The molecule has 3 aromatic carbocycles. The molecule has 0 amide bonds. The molecule has 1 saturated heterocycles. The summed E-state index contributed by atoms with van der Waals surface area (Å²) in [6.45, 7) is 1.06. The van der Waals surface area contributed by atoms with Gasteiger partial charge in [0.15, 0.2) is 11.5 Å². The monoisotopic (exact) mass is 476 g/mol. The lowest BCUT2D eigenvalue weighted by Gasteiger charge is -2.65. The van der Waals surface area contributed by atoms with Crippen molar-refractivity contribution in [1.82, 2.24) is 9.88 Å². The van der Waals surface area contributed by atoms with Gasteiger partial charge in [-0.3, -0.25) is 0 Å². The number of H-pyrrole nitrogens is 1. The molecule has 4 aromatic rings. The van der Waals surface area contributed by atoms with Crippen LogP contribution in [0.3, 0.4) is 0 Å². The molecule has 4 atom stereocenters. The molecule has 4 heteroatoms. The fourth-order valence-electron chi connectivity index (χ4n) is 8.80. The van der Waals surface area contributed by atoms with Gasteiger partial charge in [-0.1, -0.05) is 54.6 Å². The minimum Gasteiger partial charge on any atom is -0.504 e. The third-order valence-corrected chi connectivity index (χ3v) is 10.2. The van der Waals surface area contributed by atoms with Gasteiger partial charge in [0, 0.05) is 27.9 Å². The van der Waals surface area contributed by atoms with Crippen LogP contribution in [0.5, 0.6) is 11.5 Å². The van der Waals surface area contributed by atoms with Crippen molar-refractivity contribution in [3.63, 3.8) is 0 Å². The number of aromatic hydroxyl groups is 1. The van der Waals surface area contributed by atoms with Crippen LogP contribution in [0.1, 0.15) is 53.3 Å². The van der Waals surface area contributed by atoms with Gasteiger partial charge in [0.1, 0.15) is 6.10 Å². The summed E-state index contributed by atoms with van der Waals surface area (Å²) in [5.74, 6) is 1.05. The molecule has 3 heterocycles. The van der Waals surface area contributed by atoms with Gasteiger partial charge in [-0.05, 0) is 80.9 Å². The molecule has 0 saturated carbocycles. The first kappa shape index (κ1) is 20.9. The number of aryl methyl sites for hydroxylation is 1. The highest BCUT2D eigenvalue weighted by atomic mass is 16.5. The summed E-state index contributed by atoms with van der Waals surface area (Å²) in [5, 5.41) is 12.3. The van der Waals surface area contributed by atoms with E-state index in [1.54, 1.807) is 0 Å². The topological polar surface area (TPSA) is 48.5 Å². The third-order valence-electron chi connectivity index (χ3n) is 10.2. The number of nitrogens with zero attached hydrogens (tertiary/aromatic N) is 1. The molecule has 1 aromatic heterocycles. The Balaban J connectivity index is 1.36. The summed E-state index contributed by atoms with van der Waals surface area (Å²) in [6.07, 6.45) is 6.48. The fraction of sp³-hybridized carbons (Fsp3) is 0.375. The highest BCUT2D eigenvalue weighted by Gasteiger charge is 2.72. The van der Waals surface area contributed by atoms with E-state index in [-0.39, 0.29) is 16.9 Å². The smallest absolute Gasteiger partial charge is 0.166 e. The van der Waals surface area contributed by atoms with E-state index in [9.17, 15) is 5.11 Å². The Morgan fingerprint density at radius 2 is 1.89 bits per heavy atom. The molecule has 182 valence electrons. The van der Waals surface area contributed by atoms with Crippen molar-refractivity contribution >= 4 is 10.9 Å². The van der Waals surface area contributed by atoms with Crippen molar-refractivity contribution in [3.05, 3.63) is 94.7 Å². The van der Waals surface area contributed by atoms with Crippen LogP contribution in [0.25, 0.3) is 10.9 Å². The summed E-state index contributed by atoms with van der Waals surface area (Å²) in [6, 6.07) is 24.1. The van der Waals surface area contributed by atoms with Crippen molar-refractivity contribution in [2.24, 2.45) is 5.41 Å². The largest absolute Gasteiger partial charge is 0.504 e. The number of fused-ring (bicyclic) bond motifs is 4. The van der Waals surface area contributed by atoms with Crippen LogP contribution in [0.15, 0.2) is 66.7 Å². The number of piperidine rings is 1. The Kier molecular flexibility index (Phi) is 4.16. The lowest BCUT2D eigenvalue weighted by Crippen LogP contribution is -2.69. The standard InChI is InChI=1S/C32H32N2O2/c1-34-17-16-32-27-21-13-14-25(35)29(27)36-30(32)28-23(22-11-5-6-12-24(22)33-28)19-31(32,26(34)18-21)15-7-10-20-8-3-2-4-9-20/h2-6,8-9,11-14,26,30,33,35H,7,10,15-19H2,1H3/t26-,30+,31+,32+/m1/s1. The number of likely N-dealkylation sites (tertiary alicyclic amines) is 1. The molecule has 0 unspecified atom stereocenters. The first-order valence-corrected chi connectivity index (χ1v) is 13.5. The Morgan fingerprint density at radius 3 is 2.78 bits per heavy atom. The maximum Gasteiger partial charge on any atom is 0.166 e. The van der Waals surface area contributed by atoms with E-state index in [4.69, 9.17) is 4.74 Å². The summed E-state index contributed by atoms with van der Waals surface area (Å²) in [5.41, 5.74) is 7.93. The number of rotatable bonds is 4. The van der Waals surface area contributed by atoms with Crippen LogP contribution in [-0.4, -0.2) is 34.6 Å². The van der Waals surface area contributed by atoms with Gasteiger partial charge in [-0.25, -0.2) is 0 Å². The number of benzene rings is 3. The molecule has 2 aliphatic carbocycles. The van der Waals surface area contributed by atoms with Crippen molar-refractivity contribution in [2.45, 2.75) is 56.1 Å². The molecule has 0 radical (unpaired) electrons. The number of likely N-dealkylation sites (N-methyl/N-ethyl adjacent to an activating group) is 1. The minimum absolute atomic E-state index is 0.0590. The first-order chi connectivity index (χ1) is 17.6. The Hall–Kier alpha value is -3.24. The number of para-hydroxylation sites is 1. The zero-order valence-electron chi connectivity index (χ0n) is 20.8.